The molecule has 1 heterocycles. The van der Waals surface area contributed by atoms with Gasteiger partial charge in [-0.15, -0.1) is 0 Å². The van der Waals surface area contributed by atoms with Gasteiger partial charge in [-0.25, -0.2) is 0 Å². The van der Waals surface area contributed by atoms with Crippen LogP contribution in [0.3, 0.4) is 0 Å². The van der Waals surface area contributed by atoms with Crippen molar-refractivity contribution in [3.63, 3.8) is 0 Å². The second-order valence-electron chi connectivity index (χ2n) is 1.57. The maximum absolute atomic E-state index is 9.90. The largest absolute Gasteiger partial charge is 0.481 e. The van der Waals surface area contributed by atoms with Crippen LogP contribution in [-0.2, 0) is 31.9 Å². The third-order valence-electron chi connectivity index (χ3n) is 0.987. The summed E-state index contributed by atoms with van der Waals surface area (Å²) >= 11 is 0. The molecule has 0 aromatic carbocycles. The van der Waals surface area contributed by atoms with Crippen LogP contribution in [0.5, 0.6) is 0 Å². The van der Waals surface area contributed by atoms with E-state index in [-0.39, 0.29) is 28.3 Å². The minimum Gasteiger partial charge on any atom is -0.481 e. The van der Waals surface area contributed by atoms with Crippen LogP contribution in [0.1, 0.15) is 0 Å². The maximum Gasteiger partial charge on any atom is 0.311 e. The Morgan fingerprint density at radius 1 is 1.62 bits per heavy atom. The Kier molecular flexibility index (Phi) is 3.32. The van der Waals surface area contributed by atoms with Crippen molar-refractivity contribution in [3.05, 3.63) is 0 Å². The summed E-state index contributed by atoms with van der Waals surface area (Å²) in [5.74, 6) is -0.966. The molecule has 0 spiro atoms. The summed E-state index contributed by atoms with van der Waals surface area (Å²) in [5, 5.41) is 8.15. The molecular formula is C4H6AgO3. The summed E-state index contributed by atoms with van der Waals surface area (Å²) in [7, 11) is 0. The molecule has 1 saturated heterocycles. The van der Waals surface area contributed by atoms with Gasteiger partial charge >= 0.3 is 5.97 Å². The van der Waals surface area contributed by atoms with Crippen molar-refractivity contribution in [2.24, 2.45) is 5.92 Å². The molecule has 0 aromatic heterocycles. The molecule has 0 aromatic rings. The quantitative estimate of drug-likeness (QED) is 0.605. The molecule has 0 unspecified atom stereocenters. The van der Waals surface area contributed by atoms with E-state index < -0.39 is 5.97 Å². The van der Waals surface area contributed by atoms with Crippen LogP contribution in [-0.4, -0.2) is 24.3 Å². The van der Waals surface area contributed by atoms with E-state index in [0.717, 1.165) is 0 Å². The number of hydrogen-bond acceptors (Lipinski definition) is 2. The van der Waals surface area contributed by atoms with Crippen LogP contribution >= 0.6 is 0 Å². The van der Waals surface area contributed by atoms with Gasteiger partial charge in [-0.1, -0.05) is 0 Å². The second kappa shape index (κ2) is 3.25. The zero-order valence-corrected chi connectivity index (χ0v) is 5.54. The molecule has 0 atom stereocenters. The van der Waals surface area contributed by atoms with Crippen molar-refractivity contribution >= 4 is 5.97 Å². The van der Waals surface area contributed by atoms with Crippen LogP contribution < -0.4 is 0 Å². The average molecular weight is 210 g/mol. The molecule has 8 heavy (non-hydrogen) atoms. The van der Waals surface area contributed by atoms with Gasteiger partial charge in [0.05, 0.1) is 13.2 Å². The van der Waals surface area contributed by atoms with E-state index in [2.05, 4.69) is 4.74 Å². The van der Waals surface area contributed by atoms with Gasteiger partial charge in [0.1, 0.15) is 5.92 Å². The molecule has 1 aliphatic rings. The summed E-state index contributed by atoms with van der Waals surface area (Å²) in [6.07, 6.45) is 0. The van der Waals surface area contributed by atoms with E-state index in [1.165, 1.54) is 0 Å². The minimum absolute atomic E-state index is 0. The number of hydrogen-bond donors (Lipinski definition) is 1. The predicted octanol–water partition coefficient (Wildman–Crippen LogP) is -0.285. The first-order chi connectivity index (χ1) is 3.30. The smallest absolute Gasteiger partial charge is 0.311 e. The number of aliphatic carboxylic acids is 1. The third-order valence-corrected chi connectivity index (χ3v) is 0.987. The maximum atomic E-state index is 9.90. The predicted molar refractivity (Wildman–Crippen MR) is 21.9 cm³/mol. The molecule has 0 amide bonds. The fraction of sp³-hybridized carbons (Fsp3) is 0.750. The SMILES string of the molecule is O=C(O)C1COC1.[Ag]. The molecule has 3 nitrogen and oxygen atoms in total. The van der Waals surface area contributed by atoms with Crippen LogP contribution in [0.15, 0.2) is 0 Å². The first-order valence-electron chi connectivity index (χ1n) is 2.11. The van der Waals surface area contributed by atoms with Crippen LogP contribution in [0.4, 0.5) is 0 Å². The molecule has 0 aliphatic carbocycles. The van der Waals surface area contributed by atoms with Gasteiger partial charge in [-0.2, -0.15) is 0 Å². The van der Waals surface area contributed by atoms with E-state index in [0.29, 0.717) is 13.2 Å². The topological polar surface area (TPSA) is 46.5 Å². The average Bonchev–Trinajstić information content (AvgIpc) is 1.23. The first-order valence-corrected chi connectivity index (χ1v) is 2.11. The Hall–Kier alpha value is 0.170. The van der Waals surface area contributed by atoms with E-state index in [9.17, 15) is 4.79 Å². The molecule has 1 rings (SSSR count). The summed E-state index contributed by atoms with van der Waals surface area (Å²) in [4.78, 5) is 9.90. The molecule has 0 saturated carbocycles. The van der Waals surface area contributed by atoms with E-state index in [4.69, 9.17) is 5.11 Å². The Balaban J connectivity index is 0.000000490. The Labute approximate surface area is 62.5 Å². The van der Waals surface area contributed by atoms with Gasteiger partial charge in [0.2, 0.25) is 0 Å². The standard InChI is InChI=1S/C4H6O3.Ag/c5-4(6)3-1-7-2-3;/h3H,1-2H2,(H,5,6);. The Morgan fingerprint density at radius 2 is 2.12 bits per heavy atom. The number of carboxylic acids is 1. The molecule has 1 N–H and O–H groups in total. The van der Waals surface area contributed by atoms with E-state index >= 15 is 0 Å². The van der Waals surface area contributed by atoms with Crippen LogP contribution in [0, 0.1) is 5.92 Å². The monoisotopic (exact) mass is 209 g/mol. The van der Waals surface area contributed by atoms with Gasteiger partial charge in [-0.05, 0) is 0 Å². The summed E-state index contributed by atoms with van der Waals surface area (Å²) in [6, 6.07) is 0. The van der Waals surface area contributed by atoms with Crippen molar-refractivity contribution in [3.8, 4) is 0 Å². The summed E-state index contributed by atoms with van der Waals surface area (Å²) in [5.41, 5.74) is 0. The zero-order valence-electron chi connectivity index (χ0n) is 4.06. The van der Waals surface area contributed by atoms with Crippen molar-refractivity contribution < 1.29 is 37.0 Å². The van der Waals surface area contributed by atoms with Crippen molar-refractivity contribution in [1.29, 1.82) is 0 Å². The van der Waals surface area contributed by atoms with Crippen LogP contribution in [0.25, 0.3) is 0 Å². The van der Waals surface area contributed by atoms with Crippen molar-refractivity contribution in [1.82, 2.24) is 0 Å². The third kappa shape index (κ3) is 1.59. The summed E-state index contributed by atoms with van der Waals surface area (Å²) in [6.45, 7) is 0.796. The van der Waals surface area contributed by atoms with Crippen molar-refractivity contribution in [2.75, 3.05) is 13.2 Å². The number of rotatable bonds is 1. The molecule has 1 radical (unpaired) electrons. The van der Waals surface area contributed by atoms with Gasteiger partial charge in [0, 0.05) is 22.4 Å². The summed E-state index contributed by atoms with van der Waals surface area (Å²) < 4.78 is 4.62. The first kappa shape index (κ1) is 8.17. The fourth-order valence-electron chi connectivity index (χ4n) is 0.378. The number of carboxylic acid groups (broad SMARTS) is 1. The van der Waals surface area contributed by atoms with Crippen molar-refractivity contribution in [2.45, 2.75) is 0 Å². The van der Waals surface area contributed by atoms with E-state index in [1.807, 2.05) is 0 Å². The number of ether oxygens (including phenoxy) is 1. The molecule has 4 heteroatoms. The van der Waals surface area contributed by atoms with Gasteiger partial charge in [-0.3, -0.25) is 4.79 Å². The van der Waals surface area contributed by atoms with Gasteiger partial charge in [0.15, 0.2) is 0 Å². The normalized spacial score (nSPS) is 18.5. The molecular weight excluding hydrogens is 204 g/mol. The number of carbonyl (C=O) groups is 1. The molecule has 51 valence electrons. The zero-order chi connectivity index (χ0) is 5.28. The van der Waals surface area contributed by atoms with Gasteiger partial charge < -0.3 is 9.84 Å². The Bertz CT molecular complexity index is 89.3. The minimum atomic E-state index is -0.744. The molecule has 0 bridgehead atoms. The Morgan fingerprint density at radius 3 is 2.12 bits per heavy atom. The second-order valence-corrected chi connectivity index (χ2v) is 1.57. The van der Waals surface area contributed by atoms with Gasteiger partial charge in [0.25, 0.3) is 0 Å². The van der Waals surface area contributed by atoms with E-state index in [1.54, 1.807) is 0 Å². The fourth-order valence-corrected chi connectivity index (χ4v) is 0.378. The molecule has 1 fully saturated rings. The molecule has 1 aliphatic heterocycles. The van der Waals surface area contributed by atoms with Crippen LogP contribution in [0.2, 0.25) is 0 Å².